The van der Waals surface area contributed by atoms with E-state index < -0.39 is 32.1 Å². The molecule has 0 bridgehead atoms. The van der Waals surface area contributed by atoms with Crippen molar-refractivity contribution in [3.05, 3.63) is 39.4 Å². The van der Waals surface area contributed by atoms with E-state index in [1.807, 2.05) is 0 Å². The second-order valence-corrected chi connectivity index (χ2v) is 5.68. The van der Waals surface area contributed by atoms with E-state index in [-0.39, 0.29) is 11.1 Å². The van der Waals surface area contributed by atoms with Gasteiger partial charge in [-0.15, -0.1) is 0 Å². The number of carbonyl (C=O) groups is 1. The molecule has 0 spiro atoms. The van der Waals surface area contributed by atoms with Crippen LogP contribution < -0.4 is 5.73 Å². The zero-order valence-electron chi connectivity index (χ0n) is 8.91. The molecular formula is C9H10N2O5S. The normalized spacial score (nSPS) is 11.1. The molecule has 1 amide bonds. The average molecular weight is 258 g/mol. The topological polar surface area (TPSA) is 120 Å². The molecule has 0 atom stereocenters. The number of amides is 1. The van der Waals surface area contributed by atoms with Crippen LogP contribution in [0.3, 0.4) is 0 Å². The van der Waals surface area contributed by atoms with Crippen molar-refractivity contribution < 1.29 is 18.1 Å². The SMILES string of the molecule is CS(=O)(=O)Cc1ccc(C(N)=O)cc1[N+](=O)[O-]. The summed E-state index contributed by atoms with van der Waals surface area (Å²) >= 11 is 0. The number of carbonyl (C=O) groups excluding carboxylic acids is 1. The molecule has 0 fully saturated rings. The van der Waals surface area contributed by atoms with Gasteiger partial charge >= 0.3 is 0 Å². The lowest BCUT2D eigenvalue weighted by Crippen LogP contribution is -2.12. The molecule has 1 rings (SSSR count). The van der Waals surface area contributed by atoms with E-state index in [1.165, 1.54) is 12.1 Å². The molecule has 1 aromatic carbocycles. The van der Waals surface area contributed by atoms with Gasteiger partial charge in [0.05, 0.1) is 10.7 Å². The van der Waals surface area contributed by atoms with E-state index in [9.17, 15) is 23.3 Å². The Morgan fingerprint density at radius 2 is 2.06 bits per heavy atom. The maximum Gasteiger partial charge on any atom is 0.274 e. The molecular weight excluding hydrogens is 248 g/mol. The van der Waals surface area contributed by atoms with Crippen molar-refractivity contribution in [3.63, 3.8) is 0 Å². The minimum absolute atomic E-state index is 0.0301. The fraction of sp³-hybridized carbons (Fsp3) is 0.222. The summed E-state index contributed by atoms with van der Waals surface area (Å²) in [4.78, 5) is 20.9. The van der Waals surface area contributed by atoms with Crippen LogP contribution in [0.25, 0.3) is 0 Å². The Morgan fingerprint density at radius 1 is 1.47 bits per heavy atom. The standard InChI is InChI=1S/C9H10N2O5S/c1-17(15,16)5-7-3-2-6(9(10)12)4-8(7)11(13)14/h2-4H,5H2,1H3,(H2,10,12). The third-order valence-corrected chi connectivity index (χ3v) is 2.82. The van der Waals surface area contributed by atoms with Crippen LogP contribution in [0.1, 0.15) is 15.9 Å². The van der Waals surface area contributed by atoms with Gasteiger partial charge in [0, 0.05) is 23.4 Å². The molecule has 0 saturated carbocycles. The van der Waals surface area contributed by atoms with Crippen LogP contribution in [-0.4, -0.2) is 25.5 Å². The van der Waals surface area contributed by atoms with Gasteiger partial charge in [0.15, 0.2) is 9.84 Å². The van der Waals surface area contributed by atoms with Crippen molar-refractivity contribution in [2.24, 2.45) is 5.73 Å². The Kier molecular flexibility index (Phi) is 3.47. The van der Waals surface area contributed by atoms with Gasteiger partial charge in [-0.2, -0.15) is 0 Å². The predicted molar refractivity (Wildman–Crippen MR) is 60.2 cm³/mol. The zero-order valence-corrected chi connectivity index (χ0v) is 9.73. The fourth-order valence-corrected chi connectivity index (χ4v) is 2.10. The van der Waals surface area contributed by atoms with Crippen LogP contribution in [0.4, 0.5) is 5.69 Å². The van der Waals surface area contributed by atoms with Crippen LogP contribution in [-0.2, 0) is 15.6 Å². The Hall–Kier alpha value is -1.96. The maximum atomic E-state index is 11.1. The summed E-state index contributed by atoms with van der Waals surface area (Å²) in [5.41, 5.74) is 4.55. The average Bonchev–Trinajstić information content (AvgIpc) is 2.14. The van der Waals surface area contributed by atoms with Crippen LogP contribution in [0, 0.1) is 10.1 Å². The highest BCUT2D eigenvalue weighted by molar-refractivity contribution is 7.89. The first-order valence-electron chi connectivity index (χ1n) is 4.45. The van der Waals surface area contributed by atoms with Gasteiger partial charge in [0.1, 0.15) is 0 Å². The van der Waals surface area contributed by atoms with E-state index >= 15 is 0 Å². The minimum Gasteiger partial charge on any atom is -0.366 e. The largest absolute Gasteiger partial charge is 0.366 e. The number of hydrogen-bond acceptors (Lipinski definition) is 5. The first kappa shape index (κ1) is 13.1. The van der Waals surface area contributed by atoms with Crippen molar-refractivity contribution in [1.29, 1.82) is 0 Å². The molecule has 0 radical (unpaired) electrons. The Labute approximate surface area is 97.3 Å². The second kappa shape index (κ2) is 4.50. The minimum atomic E-state index is -3.39. The van der Waals surface area contributed by atoms with Gasteiger partial charge in [0.2, 0.25) is 5.91 Å². The lowest BCUT2D eigenvalue weighted by molar-refractivity contribution is -0.385. The Balaban J connectivity index is 3.32. The summed E-state index contributed by atoms with van der Waals surface area (Å²) in [5.74, 6) is -1.26. The number of primary amides is 1. The van der Waals surface area contributed by atoms with E-state index in [4.69, 9.17) is 5.73 Å². The van der Waals surface area contributed by atoms with Gasteiger partial charge in [-0.1, -0.05) is 6.07 Å². The van der Waals surface area contributed by atoms with Gasteiger partial charge in [0.25, 0.3) is 5.69 Å². The van der Waals surface area contributed by atoms with Crippen LogP contribution in [0.5, 0.6) is 0 Å². The lowest BCUT2D eigenvalue weighted by atomic mass is 10.1. The molecule has 0 aliphatic heterocycles. The number of hydrogen-bond donors (Lipinski definition) is 1. The maximum absolute atomic E-state index is 11.1. The van der Waals surface area contributed by atoms with E-state index in [1.54, 1.807) is 0 Å². The van der Waals surface area contributed by atoms with Gasteiger partial charge in [-0.3, -0.25) is 14.9 Å². The Bertz CT molecular complexity index is 579. The number of nitrogens with zero attached hydrogens (tertiary/aromatic N) is 1. The highest BCUT2D eigenvalue weighted by Gasteiger charge is 2.19. The second-order valence-electron chi connectivity index (χ2n) is 3.53. The molecule has 92 valence electrons. The van der Waals surface area contributed by atoms with Crippen LogP contribution in [0.15, 0.2) is 18.2 Å². The van der Waals surface area contributed by atoms with Gasteiger partial charge < -0.3 is 5.73 Å². The van der Waals surface area contributed by atoms with E-state index in [0.29, 0.717) is 0 Å². The number of rotatable bonds is 4. The van der Waals surface area contributed by atoms with E-state index in [2.05, 4.69) is 0 Å². The smallest absolute Gasteiger partial charge is 0.274 e. The molecule has 17 heavy (non-hydrogen) atoms. The summed E-state index contributed by atoms with van der Waals surface area (Å²) in [6, 6.07) is 3.46. The molecule has 1 aromatic rings. The van der Waals surface area contributed by atoms with Crippen LogP contribution in [0.2, 0.25) is 0 Å². The van der Waals surface area contributed by atoms with Gasteiger partial charge in [-0.05, 0) is 6.07 Å². The van der Waals surface area contributed by atoms with Crippen molar-refractivity contribution in [2.75, 3.05) is 6.26 Å². The number of sulfone groups is 1. The zero-order chi connectivity index (χ0) is 13.2. The highest BCUT2D eigenvalue weighted by Crippen LogP contribution is 2.22. The number of benzene rings is 1. The summed E-state index contributed by atoms with van der Waals surface area (Å²) in [6.45, 7) is 0. The number of nitro groups is 1. The molecule has 0 heterocycles. The van der Waals surface area contributed by atoms with Crippen LogP contribution >= 0.6 is 0 Å². The number of nitrogens with two attached hydrogens (primary N) is 1. The molecule has 0 unspecified atom stereocenters. The molecule has 0 aromatic heterocycles. The third-order valence-electron chi connectivity index (χ3n) is 1.98. The van der Waals surface area contributed by atoms with Gasteiger partial charge in [-0.25, -0.2) is 8.42 Å². The first-order chi connectivity index (χ1) is 7.70. The highest BCUT2D eigenvalue weighted by atomic mass is 32.2. The molecule has 8 heteroatoms. The quantitative estimate of drug-likeness (QED) is 0.612. The molecule has 0 aliphatic carbocycles. The lowest BCUT2D eigenvalue weighted by Gasteiger charge is -2.03. The van der Waals surface area contributed by atoms with E-state index in [0.717, 1.165) is 12.3 Å². The molecule has 2 N–H and O–H groups in total. The number of nitro benzene ring substituents is 1. The first-order valence-corrected chi connectivity index (χ1v) is 6.51. The molecule has 7 nitrogen and oxygen atoms in total. The monoisotopic (exact) mass is 258 g/mol. The van der Waals surface area contributed by atoms with Crippen molar-refractivity contribution in [1.82, 2.24) is 0 Å². The fourth-order valence-electron chi connectivity index (χ4n) is 1.29. The molecule has 0 saturated heterocycles. The predicted octanol–water partition coefficient (Wildman–Crippen LogP) is 0.238. The van der Waals surface area contributed by atoms with Crippen molar-refractivity contribution in [3.8, 4) is 0 Å². The van der Waals surface area contributed by atoms with Crippen molar-refractivity contribution >= 4 is 21.4 Å². The summed E-state index contributed by atoms with van der Waals surface area (Å²) in [6.07, 6.45) is 0.971. The summed E-state index contributed by atoms with van der Waals surface area (Å²) in [5, 5.41) is 10.7. The summed E-state index contributed by atoms with van der Waals surface area (Å²) < 4.78 is 22.2. The van der Waals surface area contributed by atoms with Crippen molar-refractivity contribution in [2.45, 2.75) is 5.75 Å². The Morgan fingerprint density at radius 3 is 2.47 bits per heavy atom. The summed E-state index contributed by atoms with van der Waals surface area (Å²) in [7, 11) is -3.39. The molecule has 0 aliphatic rings. The third kappa shape index (κ3) is 3.52.